The van der Waals surface area contributed by atoms with Gasteiger partial charge in [-0.1, -0.05) is 46.0 Å². The van der Waals surface area contributed by atoms with Crippen molar-refractivity contribution in [1.82, 2.24) is 25.4 Å². The zero-order valence-corrected chi connectivity index (χ0v) is 18.2. The minimum absolute atomic E-state index is 0. The number of rotatable bonds is 10. The first-order valence-electron chi connectivity index (χ1n) is 9.75. The van der Waals surface area contributed by atoms with E-state index in [0.717, 1.165) is 37.8 Å². The summed E-state index contributed by atoms with van der Waals surface area (Å²) < 4.78 is 2.11. The summed E-state index contributed by atoms with van der Waals surface area (Å²) in [6.45, 7) is 6.98. The second-order valence-electron chi connectivity index (χ2n) is 6.64. The molecule has 1 saturated carbocycles. The average Bonchev–Trinajstić information content (AvgIpc) is 3.25. The first kappa shape index (κ1) is 22.2. The van der Waals surface area contributed by atoms with Gasteiger partial charge in [0.2, 0.25) is 0 Å². The third-order valence-electron chi connectivity index (χ3n) is 4.63. The van der Waals surface area contributed by atoms with Gasteiger partial charge in [-0.3, -0.25) is 4.99 Å². The maximum Gasteiger partial charge on any atom is 0.191 e. The van der Waals surface area contributed by atoms with E-state index in [1.165, 1.54) is 51.4 Å². The number of guanidine groups is 1. The molecule has 1 aromatic heterocycles. The fraction of sp³-hybridized carbons (Fsp3) is 0.833. The zero-order chi connectivity index (χ0) is 17.0. The lowest BCUT2D eigenvalue weighted by atomic mass is 10.2. The van der Waals surface area contributed by atoms with Crippen LogP contribution in [0, 0.1) is 0 Å². The summed E-state index contributed by atoms with van der Waals surface area (Å²) in [5.74, 6) is 2.02. The molecule has 0 unspecified atom stereocenters. The number of aromatic nitrogens is 3. The van der Waals surface area contributed by atoms with E-state index in [4.69, 9.17) is 4.99 Å². The number of halogens is 1. The predicted molar refractivity (Wildman–Crippen MR) is 115 cm³/mol. The molecule has 0 aliphatic heterocycles. The summed E-state index contributed by atoms with van der Waals surface area (Å²) in [5.41, 5.74) is 0. The Hall–Kier alpha value is -0.860. The molecule has 7 heteroatoms. The van der Waals surface area contributed by atoms with Crippen LogP contribution in [0.2, 0.25) is 0 Å². The highest BCUT2D eigenvalue weighted by molar-refractivity contribution is 14.0. The average molecular weight is 462 g/mol. The number of nitrogens with zero attached hydrogens (tertiary/aromatic N) is 4. The molecule has 0 amide bonds. The van der Waals surface area contributed by atoms with E-state index in [9.17, 15) is 0 Å². The minimum atomic E-state index is 0. The van der Waals surface area contributed by atoms with Gasteiger partial charge in [0.1, 0.15) is 12.2 Å². The first-order valence-corrected chi connectivity index (χ1v) is 9.75. The normalized spacial score (nSPS) is 15.2. The van der Waals surface area contributed by atoms with Gasteiger partial charge in [-0.15, -0.1) is 34.2 Å². The number of hydrogen-bond acceptors (Lipinski definition) is 3. The summed E-state index contributed by atoms with van der Waals surface area (Å²) >= 11 is 0. The molecule has 1 heterocycles. The molecule has 6 nitrogen and oxygen atoms in total. The summed E-state index contributed by atoms with van der Waals surface area (Å²) in [6.07, 6.45) is 13.0. The quantitative estimate of drug-likeness (QED) is 0.242. The molecular weight excluding hydrogens is 427 g/mol. The number of aliphatic imine (C=N–C) groups is 1. The van der Waals surface area contributed by atoms with Gasteiger partial charge in [-0.05, 0) is 19.3 Å². The second-order valence-corrected chi connectivity index (χ2v) is 6.64. The molecule has 0 aromatic carbocycles. The van der Waals surface area contributed by atoms with Crippen molar-refractivity contribution in [1.29, 1.82) is 0 Å². The minimum Gasteiger partial charge on any atom is -0.355 e. The largest absolute Gasteiger partial charge is 0.355 e. The van der Waals surface area contributed by atoms with Gasteiger partial charge in [0.15, 0.2) is 5.96 Å². The second kappa shape index (κ2) is 13.4. The van der Waals surface area contributed by atoms with E-state index in [2.05, 4.69) is 39.2 Å². The lowest BCUT2D eigenvalue weighted by Crippen LogP contribution is -2.43. The molecule has 1 fully saturated rings. The Morgan fingerprint density at radius 3 is 2.76 bits per heavy atom. The Kier molecular flexibility index (Phi) is 11.9. The Labute approximate surface area is 169 Å². The Bertz CT molecular complexity index is 482. The maximum atomic E-state index is 4.77. The van der Waals surface area contributed by atoms with Crippen LogP contribution >= 0.6 is 24.0 Å². The van der Waals surface area contributed by atoms with E-state index in [-0.39, 0.29) is 24.0 Å². The van der Waals surface area contributed by atoms with Crippen molar-refractivity contribution in [3.05, 3.63) is 12.2 Å². The zero-order valence-electron chi connectivity index (χ0n) is 15.8. The van der Waals surface area contributed by atoms with Crippen molar-refractivity contribution < 1.29 is 0 Å². The van der Waals surface area contributed by atoms with Crippen molar-refractivity contribution in [2.75, 3.05) is 13.1 Å². The van der Waals surface area contributed by atoms with E-state index in [0.29, 0.717) is 6.04 Å². The molecule has 2 rings (SSSR count). The molecular formula is C18H35IN6. The van der Waals surface area contributed by atoms with Crippen LogP contribution in [-0.4, -0.2) is 39.9 Å². The third-order valence-corrected chi connectivity index (χ3v) is 4.63. The molecule has 25 heavy (non-hydrogen) atoms. The maximum absolute atomic E-state index is 4.77. The Morgan fingerprint density at radius 2 is 2.04 bits per heavy atom. The van der Waals surface area contributed by atoms with Crippen LogP contribution in [0.25, 0.3) is 0 Å². The Morgan fingerprint density at radius 1 is 1.24 bits per heavy atom. The van der Waals surface area contributed by atoms with E-state index in [1.807, 2.05) is 6.33 Å². The fourth-order valence-corrected chi connectivity index (χ4v) is 3.18. The highest BCUT2D eigenvalue weighted by Crippen LogP contribution is 2.17. The number of nitrogens with one attached hydrogen (secondary N) is 2. The monoisotopic (exact) mass is 462 g/mol. The molecule has 2 N–H and O–H groups in total. The lowest BCUT2D eigenvalue weighted by molar-refractivity contribution is 0.590. The van der Waals surface area contributed by atoms with Gasteiger partial charge >= 0.3 is 0 Å². The summed E-state index contributed by atoms with van der Waals surface area (Å²) in [7, 11) is 0. The SMILES string of the molecule is CCCCCCN=C(NCCn1cnnc1CC)NC1CCCC1.I. The van der Waals surface area contributed by atoms with Crippen molar-refractivity contribution in [2.45, 2.75) is 84.2 Å². The lowest BCUT2D eigenvalue weighted by Gasteiger charge is -2.17. The van der Waals surface area contributed by atoms with Crippen LogP contribution in [0.15, 0.2) is 11.3 Å². The van der Waals surface area contributed by atoms with Crippen molar-refractivity contribution in [2.24, 2.45) is 4.99 Å². The molecule has 0 spiro atoms. The predicted octanol–water partition coefficient (Wildman–Crippen LogP) is 3.52. The highest BCUT2D eigenvalue weighted by atomic mass is 127. The first-order chi connectivity index (χ1) is 11.8. The van der Waals surface area contributed by atoms with E-state index in [1.54, 1.807) is 0 Å². The van der Waals surface area contributed by atoms with Crippen LogP contribution in [-0.2, 0) is 13.0 Å². The molecule has 0 atom stereocenters. The van der Waals surface area contributed by atoms with Gasteiger partial charge < -0.3 is 15.2 Å². The summed E-state index contributed by atoms with van der Waals surface area (Å²) in [6, 6.07) is 0.591. The smallest absolute Gasteiger partial charge is 0.191 e. The van der Waals surface area contributed by atoms with Gasteiger partial charge in [0.25, 0.3) is 0 Å². The summed E-state index contributed by atoms with van der Waals surface area (Å²) in [4.78, 5) is 4.77. The molecule has 0 bridgehead atoms. The number of unbranched alkanes of at least 4 members (excludes halogenated alkanes) is 3. The van der Waals surface area contributed by atoms with Gasteiger partial charge in [-0.2, -0.15) is 0 Å². The van der Waals surface area contributed by atoms with Crippen molar-refractivity contribution in [3.8, 4) is 0 Å². The third kappa shape index (κ3) is 8.37. The number of hydrogen-bond donors (Lipinski definition) is 2. The van der Waals surface area contributed by atoms with Crippen LogP contribution in [0.3, 0.4) is 0 Å². The molecule has 1 aliphatic carbocycles. The van der Waals surface area contributed by atoms with Crippen LogP contribution in [0.1, 0.15) is 71.0 Å². The van der Waals surface area contributed by atoms with Crippen LogP contribution in [0.4, 0.5) is 0 Å². The number of aryl methyl sites for hydroxylation is 1. The van der Waals surface area contributed by atoms with E-state index >= 15 is 0 Å². The highest BCUT2D eigenvalue weighted by Gasteiger charge is 2.16. The van der Waals surface area contributed by atoms with Crippen LogP contribution < -0.4 is 10.6 Å². The van der Waals surface area contributed by atoms with Gasteiger partial charge in [-0.25, -0.2) is 0 Å². The standard InChI is InChI=1S/C18H34N6.HI/c1-3-5-6-9-12-19-18(22-16-10-7-8-11-16)20-13-14-24-15-21-23-17(24)4-2;/h15-16H,3-14H2,1-2H3,(H2,19,20,22);1H. The molecule has 0 saturated heterocycles. The van der Waals surface area contributed by atoms with E-state index < -0.39 is 0 Å². The molecule has 1 aliphatic rings. The van der Waals surface area contributed by atoms with Gasteiger partial charge in [0.05, 0.1) is 0 Å². The molecule has 0 radical (unpaired) electrons. The molecule has 1 aromatic rings. The summed E-state index contributed by atoms with van der Waals surface area (Å²) in [5, 5.41) is 15.2. The van der Waals surface area contributed by atoms with Gasteiger partial charge in [0, 0.05) is 32.1 Å². The van der Waals surface area contributed by atoms with Crippen molar-refractivity contribution >= 4 is 29.9 Å². The fourth-order valence-electron chi connectivity index (χ4n) is 3.18. The van der Waals surface area contributed by atoms with Crippen LogP contribution in [0.5, 0.6) is 0 Å². The van der Waals surface area contributed by atoms with Crippen molar-refractivity contribution in [3.63, 3.8) is 0 Å². The topological polar surface area (TPSA) is 67.1 Å². The Balaban J connectivity index is 0.00000312. The molecule has 144 valence electrons.